The molecule has 21 heavy (non-hydrogen) atoms. The molecule has 5 heteroatoms. The van der Waals surface area contributed by atoms with E-state index >= 15 is 0 Å². The lowest BCUT2D eigenvalue weighted by Crippen LogP contribution is -2.29. The van der Waals surface area contributed by atoms with Crippen LogP contribution < -0.4 is 4.90 Å². The van der Waals surface area contributed by atoms with E-state index in [-0.39, 0.29) is 5.91 Å². The molecule has 2 nitrogen and oxygen atoms in total. The van der Waals surface area contributed by atoms with Gasteiger partial charge < -0.3 is 4.90 Å². The van der Waals surface area contributed by atoms with E-state index in [1.165, 1.54) is 11.0 Å². The van der Waals surface area contributed by atoms with Crippen molar-refractivity contribution in [3.63, 3.8) is 0 Å². The van der Waals surface area contributed by atoms with Crippen LogP contribution in [0.4, 0.5) is 14.5 Å². The highest BCUT2D eigenvalue weighted by Crippen LogP contribution is 2.32. The highest BCUT2D eigenvalue weighted by molar-refractivity contribution is 9.10. The first-order valence-electron chi connectivity index (χ1n) is 6.53. The molecule has 2 aromatic rings. The van der Waals surface area contributed by atoms with Gasteiger partial charge in [-0.3, -0.25) is 4.79 Å². The molecule has 3 rings (SSSR count). The van der Waals surface area contributed by atoms with Crippen molar-refractivity contribution in [1.29, 1.82) is 0 Å². The SMILES string of the molecule is Cc1cc(Br)ccc1C(=O)N1CCc2c(F)cc(F)cc21. The molecule has 0 N–H and O–H groups in total. The molecule has 108 valence electrons. The smallest absolute Gasteiger partial charge is 0.258 e. The molecule has 1 aliphatic rings. The maximum atomic E-state index is 13.7. The Morgan fingerprint density at radius 3 is 2.71 bits per heavy atom. The van der Waals surface area contributed by atoms with Gasteiger partial charge in [0, 0.05) is 28.2 Å². The molecule has 0 fully saturated rings. The van der Waals surface area contributed by atoms with Crippen molar-refractivity contribution in [1.82, 2.24) is 0 Å². The Bertz CT molecular complexity index is 745. The van der Waals surface area contributed by atoms with Crippen LogP contribution >= 0.6 is 15.9 Å². The van der Waals surface area contributed by atoms with Crippen molar-refractivity contribution in [2.45, 2.75) is 13.3 Å². The van der Waals surface area contributed by atoms with Gasteiger partial charge in [0.15, 0.2) is 0 Å². The number of benzene rings is 2. The predicted octanol–water partition coefficient (Wildman–Crippen LogP) is 4.24. The summed E-state index contributed by atoms with van der Waals surface area (Å²) in [5, 5.41) is 0. The molecular weight excluding hydrogens is 340 g/mol. The fraction of sp³-hybridized carbons (Fsp3) is 0.188. The summed E-state index contributed by atoms with van der Waals surface area (Å²) in [6.45, 7) is 2.20. The topological polar surface area (TPSA) is 20.3 Å². The summed E-state index contributed by atoms with van der Waals surface area (Å²) >= 11 is 3.35. The third-order valence-corrected chi connectivity index (χ3v) is 4.17. The zero-order chi connectivity index (χ0) is 15.1. The first-order chi connectivity index (χ1) is 9.97. The third kappa shape index (κ3) is 2.46. The van der Waals surface area contributed by atoms with Gasteiger partial charge in [-0.15, -0.1) is 0 Å². The molecule has 1 aliphatic heterocycles. The normalized spacial score (nSPS) is 13.4. The molecule has 0 saturated heterocycles. The molecule has 0 spiro atoms. The second-order valence-electron chi connectivity index (χ2n) is 5.05. The van der Waals surface area contributed by atoms with Gasteiger partial charge in [-0.1, -0.05) is 15.9 Å². The number of hydrogen-bond acceptors (Lipinski definition) is 1. The molecule has 0 bridgehead atoms. The van der Waals surface area contributed by atoms with Crippen molar-refractivity contribution < 1.29 is 13.6 Å². The minimum Gasteiger partial charge on any atom is -0.308 e. The average Bonchev–Trinajstić information content (AvgIpc) is 2.82. The highest BCUT2D eigenvalue weighted by Gasteiger charge is 2.29. The second-order valence-corrected chi connectivity index (χ2v) is 5.97. The number of carbonyl (C=O) groups is 1. The standard InChI is InChI=1S/C16H12BrF2NO/c1-9-6-10(17)2-3-12(9)16(21)20-5-4-13-14(19)7-11(18)8-15(13)20/h2-3,6-8H,4-5H2,1H3. The Hall–Kier alpha value is -1.75. The quantitative estimate of drug-likeness (QED) is 0.752. The zero-order valence-electron chi connectivity index (χ0n) is 11.3. The number of anilines is 1. The molecule has 0 unspecified atom stereocenters. The summed E-state index contributed by atoms with van der Waals surface area (Å²) in [4.78, 5) is 14.1. The van der Waals surface area contributed by atoms with E-state index in [2.05, 4.69) is 15.9 Å². The average molecular weight is 352 g/mol. The minimum atomic E-state index is -0.668. The Kier molecular flexibility index (Phi) is 3.53. The summed E-state index contributed by atoms with van der Waals surface area (Å²) in [6.07, 6.45) is 0.406. The van der Waals surface area contributed by atoms with Gasteiger partial charge in [0.05, 0.1) is 5.69 Å². The van der Waals surface area contributed by atoms with Crippen LogP contribution in [0.1, 0.15) is 21.5 Å². The number of hydrogen-bond donors (Lipinski definition) is 0. The monoisotopic (exact) mass is 351 g/mol. The lowest BCUT2D eigenvalue weighted by molar-refractivity contribution is 0.0989. The summed E-state index contributed by atoms with van der Waals surface area (Å²) in [6, 6.07) is 7.42. The molecule has 0 radical (unpaired) electrons. The summed E-state index contributed by atoms with van der Waals surface area (Å²) in [7, 11) is 0. The third-order valence-electron chi connectivity index (χ3n) is 3.68. The summed E-state index contributed by atoms with van der Waals surface area (Å²) in [5.41, 5.74) is 2.09. The first-order valence-corrected chi connectivity index (χ1v) is 7.32. The van der Waals surface area contributed by atoms with Crippen molar-refractivity contribution >= 4 is 27.5 Å². The highest BCUT2D eigenvalue weighted by atomic mass is 79.9. The number of carbonyl (C=O) groups excluding carboxylic acids is 1. The molecule has 0 aromatic heterocycles. The minimum absolute atomic E-state index is 0.233. The van der Waals surface area contributed by atoms with Crippen LogP contribution in [0.15, 0.2) is 34.8 Å². The van der Waals surface area contributed by atoms with Gasteiger partial charge in [0.1, 0.15) is 11.6 Å². The lowest BCUT2D eigenvalue weighted by atomic mass is 10.1. The Morgan fingerprint density at radius 1 is 1.24 bits per heavy atom. The molecular formula is C16H12BrF2NO. The van der Waals surface area contributed by atoms with E-state index in [1.54, 1.807) is 12.1 Å². The number of aryl methyl sites for hydroxylation is 1. The van der Waals surface area contributed by atoms with Crippen LogP contribution in [-0.2, 0) is 6.42 Å². The number of rotatable bonds is 1. The van der Waals surface area contributed by atoms with E-state index in [0.717, 1.165) is 16.1 Å². The fourth-order valence-corrected chi connectivity index (χ4v) is 3.12. The van der Waals surface area contributed by atoms with Gasteiger partial charge in [-0.2, -0.15) is 0 Å². The molecule has 0 saturated carbocycles. The van der Waals surface area contributed by atoms with Crippen LogP contribution in [-0.4, -0.2) is 12.5 Å². The largest absolute Gasteiger partial charge is 0.308 e. The number of amides is 1. The fourth-order valence-electron chi connectivity index (χ4n) is 2.65. The Morgan fingerprint density at radius 2 is 2.00 bits per heavy atom. The van der Waals surface area contributed by atoms with E-state index in [9.17, 15) is 13.6 Å². The maximum Gasteiger partial charge on any atom is 0.258 e. The number of halogens is 3. The number of fused-ring (bicyclic) bond motifs is 1. The van der Waals surface area contributed by atoms with Gasteiger partial charge >= 0.3 is 0 Å². The van der Waals surface area contributed by atoms with Crippen molar-refractivity contribution in [3.8, 4) is 0 Å². The molecule has 0 aliphatic carbocycles. The molecule has 1 amide bonds. The van der Waals surface area contributed by atoms with Crippen molar-refractivity contribution in [3.05, 3.63) is 63.1 Å². The van der Waals surface area contributed by atoms with E-state index in [0.29, 0.717) is 29.8 Å². The summed E-state index contributed by atoms with van der Waals surface area (Å²) < 4.78 is 28.0. The first kappa shape index (κ1) is 14.2. The Labute approximate surface area is 129 Å². The van der Waals surface area contributed by atoms with Crippen LogP contribution in [0.5, 0.6) is 0 Å². The van der Waals surface area contributed by atoms with Gasteiger partial charge in [-0.25, -0.2) is 8.78 Å². The predicted molar refractivity (Wildman–Crippen MR) is 80.6 cm³/mol. The zero-order valence-corrected chi connectivity index (χ0v) is 12.9. The summed E-state index contributed by atoms with van der Waals surface area (Å²) in [5.74, 6) is -1.49. The van der Waals surface area contributed by atoms with Gasteiger partial charge in [0.25, 0.3) is 5.91 Å². The van der Waals surface area contributed by atoms with Crippen molar-refractivity contribution in [2.75, 3.05) is 11.4 Å². The molecule has 2 aromatic carbocycles. The molecule has 1 heterocycles. The van der Waals surface area contributed by atoms with Crippen molar-refractivity contribution in [2.24, 2.45) is 0 Å². The lowest BCUT2D eigenvalue weighted by Gasteiger charge is -2.19. The van der Waals surface area contributed by atoms with Crippen LogP contribution in [0.2, 0.25) is 0 Å². The van der Waals surface area contributed by atoms with E-state index < -0.39 is 11.6 Å². The van der Waals surface area contributed by atoms with Crippen LogP contribution in [0, 0.1) is 18.6 Å². The molecule has 0 atom stereocenters. The number of nitrogens with zero attached hydrogens (tertiary/aromatic N) is 1. The van der Waals surface area contributed by atoms with Gasteiger partial charge in [-0.05, 0) is 43.2 Å². The van der Waals surface area contributed by atoms with E-state index in [4.69, 9.17) is 0 Å². The van der Waals surface area contributed by atoms with Crippen LogP contribution in [0.3, 0.4) is 0 Å². The van der Waals surface area contributed by atoms with Gasteiger partial charge in [0.2, 0.25) is 0 Å². The second kappa shape index (κ2) is 5.22. The Balaban J connectivity index is 2.02. The van der Waals surface area contributed by atoms with Crippen LogP contribution in [0.25, 0.3) is 0 Å². The maximum absolute atomic E-state index is 13.7. The van der Waals surface area contributed by atoms with E-state index in [1.807, 2.05) is 13.0 Å².